The summed E-state index contributed by atoms with van der Waals surface area (Å²) in [6, 6.07) is 0. The van der Waals surface area contributed by atoms with Crippen LogP contribution >= 0.6 is 0 Å². The van der Waals surface area contributed by atoms with Crippen LogP contribution in [-0.2, 0) is 9.53 Å². The molecule has 0 fully saturated rings. The maximum atomic E-state index is 11.9. The molecule has 0 aromatic heterocycles. The molecule has 0 aliphatic heterocycles. The number of ether oxygens (including phenoxy) is 1. The third-order valence-electron chi connectivity index (χ3n) is 3.48. The molecule has 0 saturated carbocycles. The second-order valence-electron chi connectivity index (χ2n) is 5.75. The summed E-state index contributed by atoms with van der Waals surface area (Å²) in [4.78, 5) is 11.9. The Kier molecular flexibility index (Phi) is 11.1. The van der Waals surface area contributed by atoms with Gasteiger partial charge in [-0.25, -0.2) is 0 Å². The second kappa shape index (κ2) is 11.7. The average Bonchev–Trinajstić information content (AvgIpc) is 2.39. The van der Waals surface area contributed by atoms with Gasteiger partial charge in [0.05, 0.1) is 5.92 Å². The van der Waals surface area contributed by atoms with Crippen LogP contribution in [0.4, 0.5) is 0 Å². The fourth-order valence-corrected chi connectivity index (χ4v) is 2.01. The number of allylic oxidation sites excluding steroid dienone is 3. The molecule has 0 aromatic carbocycles. The topological polar surface area (TPSA) is 26.3 Å². The van der Waals surface area contributed by atoms with Crippen molar-refractivity contribution in [3.8, 4) is 0 Å². The van der Waals surface area contributed by atoms with Gasteiger partial charge >= 0.3 is 5.97 Å². The lowest BCUT2D eigenvalue weighted by Gasteiger charge is -2.12. The Labute approximate surface area is 125 Å². The SMILES string of the molecule is CCCCC(CC)C(=O)OC/C=C(\C)CCC=C(C)C. The lowest BCUT2D eigenvalue weighted by atomic mass is 10.00. The zero-order chi connectivity index (χ0) is 15.4. The van der Waals surface area contributed by atoms with Gasteiger partial charge in [0.1, 0.15) is 6.61 Å². The number of esters is 1. The van der Waals surface area contributed by atoms with Crippen molar-refractivity contribution < 1.29 is 9.53 Å². The third kappa shape index (κ3) is 9.82. The normalized spacial score (nSPS) is 12.9. The Morgan fingerprint density at radius 3 is 2.40 bits per heavy atom. The monoisotopic (exact) mass is 280 g/mol. The van der Waals surface area contributed by atoms with Crippen LogP contribution in [0.5, 0.6) is 0 Å². The lowest BCUT2D eigenvalue weighted by molar-refractivity contribution is -0.147. The van der Waals surface area contributed by atoms with Crippen LogP contribution in [0.25, 0.3) is 0 Å². The summed E-state index contributed by atoms with van der Waals surface area (Å²) in [5, 5.41) is 0. The van der Waals surface area contributed by atoms with E-state index in [1.807, 2.05) is 6.08 Å². The standard InChI is InChI=1S/C18H32O2/c1-6-8-12-17(7-2)18(19)20-14-13-16(5)11-9-10-15(3)4/h10,13,17H,6-9,11-12,14H2,1-5H3/b16-13+. The molecule has 0 bridgehead atoms. The second-order valence-corrected chi connectivity index (χ2v) is 5.75. The molecular weight excluding hydrogens is 248 g/mol. The third-order valence-corrected chi connectivity index (χ3v) is 3.48. The van der Waals surface area contributed by atoms with Crippen molar-refractivity contribution in [2.45, 2.75) is 73.1 Å². The highest BCUT2D eigenvalue weighted by Gasteiger charge is 2.16. The summed E-state index contributed by atoms with van der Waals surface area (Å²) in [5.74, 6) is 0.0450. The Balaban J connectivity index is 4.00. The molecule has 0 aromatic rings. The molecule has 0 saturated heterocycles. The van der Waals surface area contributed by atoms with Crippen LogP contribution in [0.3, 0.4) is 0 Å². The van der Waals surface area contributed by atoms with Gasteiger partial charge in [-0.15, -0.1) is 0 Å². The van der Waals surface area contributed by atoms with Gasteiger partial charge in [-0.2, -0.15) is 0 Å². The van der Waals surface area contributed by atoms with Crippen LogP contribution in [0.2, 0.25) is 0 Å². The maximum Gasteiger partial charge on any atom is 0.309 e. The maximum absolute atomic E-state index is 11.9. The molecule has 0 aliphatic rings. The quantitative estimate of drug-likeness (QED) is 0.393. The Hall–Kier alpha value is -1.05. The molecule has 0 N–H and O–H groups in total. The minimum Gasteiger partial charge on any atom is -0.461 e. The number of rotatable bonds is 10. The molecule has 0 radical (unpaired) electrons. The van der Waals surface area contributed by atoms with E-state index in [2.05, 4.69) is 40.7 Å². The van der Waals surface area contributed by atoms with Crippen molar-refractivity contribution in [3.05, 3.63) is 23.3 Å². The van der Waals surface area contributed by atoms with Gasteiger partial charge in [-0.05, 0) is 52.5 Å². The van der Waals surface area contributed by atoms with Crippen LogP contribution in [-0.4, -0.2) is 12.6 Å². The van der Waals surface area contributed by atoms with Gasteiger partial charge in [0, 0.05) is 0 Å². The van der Waals surface area contributed by atoms with Crippen LogP contribution in [0.15, 0.2) is 23.3 Å². The highest BCUT2D eigenvalue weighted by Crippen LogP contribution is 2.14. The predicted molar refractivity (Wildman–Crippen MR) is 86.7 cm³/mol. The number of carbonyl (C=O) groups is 1. The molecule has 2 heteroatoms. The zero-order valence-corrected chi connectivity index (χ0v) is 14.0. The summed E-state index contributed by atoms with van der Waals surface area (Å²) in [6.45, 7) is 11.0. The number of unbranched alkanes of at least 4 members (excludes halogenated alkanes) is 1. The van der Waals surface area contributed by atoms with Crippen molar-refractivity contribution in [3.63, 3.8) is 0 Å². The zero-order valence-electron chi connectivity index (χ0n) is 14.0. The van der Waals surface area contributed by atoms with E-state index in [0.717, 1.165) is 38.5 Å². The van der Waals surface area contributed by atoms with E-state index in [0.29, 0.717) is 6.61 Å². The van der Waals surface area contributed by atoms with Gasteiger partial charge in [0.25, 0.3) is 0 Å². The van der Waals surface area contributed by atoms with E-state index in [1.165, 1.54) is 11.1 Å². The molecule has 0 heterocycles. The average molecular weight is 280 g/mol. The van der Waals surface area contributed by atoms with Crippen LogP contribution in [0, 0.1) is 5.92 Å². The van der Waals surface area contributed by atoms with E-state index in [1.54, 1.807) is 0 Å². The van der Waals surface area contributed by atoms with Crippen molar-refractivity contribution in [2.75, 3.05) is 6.61 Å². The summed E-state index contributed by atoms with van der Waals surface area (Å²) in [6.07, 6.45) is 10.4. The predicted octanol–water partition coefficient (Wildman–Crippen LogP) is 5.44. The number of carbonyl (C=O) groups excluding carboxylic acids is 1. The highest BCUT2D eigenvalue weighted by atomic mass is 16.5. The molecule has 0 amide bonds. The summed E-state index contributed by atoms with van der Waals surface area (Å²) in [5.41, 5.74) is 2.64. The van der Waals surface area contributed by atoms with Gasteiger partial charge in [0.2, 0.25) is 0 Å². The first-order valence-corrected chi connectivity index (χ1v) is 7.96. The molecule has 0 aliphatic carbocycles. The molecule has 1 unspecified atom stereocenters. The van der Waals surface area contributed by atoms with Gasteiger partial charge in [-0.3, -0.25) is 4.79 Å². The van der Waals surface area contributed by atoms with E-state index < -0.39 is 0 Å². The van der Waals surface area contributed by atoms with Crippen molar-refractivity contribution >= 4 is 5.97 Å². The fraction of sp³-hybridized carbons (Fsp3) is 0.722. The van der Waals surface area contributed by atoms with E-state index in [9.17, 15) is 4.79 Å². The molecule has 0 spiro atoms. The molecule has 2 nitrogen and oxygen atoms in total. The Bertz CT molecular complexity index is 322. The fourth-order valence-electron chi connectivity index (χ4n) is 2.01. The van der Waals surface area contributed by atoms with Crippen molar-refractivity contribution in [1.29, 1.82) is 0 Å². The van der Waals surface area contributed by atoms with Gasteiger partial charge < -0.3 is 4.74 Å². The highest BCUT2D eigenvalue weighted by molar-refractivity contribution is 5.72. The molecule has 1 atom stereocenters. The minimum absolute atomic E-state index is 0.0331. The van der Waals surface area contributed by atoms with E-state index in [-0.39, 0.29) is 11.9 Å². The van der Waals surface area contributed by atoms with Crippen molar-refractivity contribution in [2.24, 2.45) is 5.92 Å². The lowest BCUT2D eigenvalue weighted by Crippen LogP contribution is -2.17. The largest absolute Gasteiger partial charge is 0.461 e. The first-order valence-electron chi connectivity index (χ1n) is 7.96. The molecular formula is C18H32O2. The smallest absolute Gasteiger partial charge is 0.309 e. The summed E-state index contributed by atoms with van der Waals surface area (Å²) < 4.78 is 5.36. The van der Waals surface area contributed by atoms with Crippen LogP contribution in [0.1, 0.15) is 73.1 Å². The van der Waals surface area contributed by atoms with E-state index in [4.69, 9.17) is 4.74 Å². The van der Waals surface area contributed by atoms with Crippen molar-refractivity contribution in [1.82, 2.24) is 0 Å². The van der Waals surface area contributed by atoms with E-state index >= 15 is 0 Å². The minimum atomic E-state index is -0.0331. The Morgan fingerprint density at radius 1 is 1.15 bits per heavy atom. The first-order chi connectivity index (χ1) is 9.51. The molecule has 116 valence electrons. The number of hydrogen-bond acceptors (Lipinski definition) is 2. The Morgan fingerprint density at radius 2 is 1.85 bits per heavy atom. The van der Waals surface area contributed by atoms with Gasteiger partial charge in [0.15, 0.2) is 0 Å². The molecule has 20 heavy (non-hydrogen) atoms. The number of hydrogen-bond donors (Lipinski definition) is 0. The molecule has 0 rings (SSSR count). The summed E-state index contributed by atoms with van der Waals surface area (Å²) in [7, 11) is 0. The van der Waals surface area contributed by atoms with Crippen LogP contribution < -0.4 is 0 Å². The van der Waals surface area contributed by atoms with Gasteiger partial charge in [-0.1, -0.05) is 43.9 Å². The summed E-state index contributed by atoms with van der Waals surface area (Å²) >= 11 is 0. The first kappa shape index (κ1) is 18.9.